The number of rotatable bonds is 2. The predicted octanol–water partition coefficient (Wildman–Crippen LogP) is 4.96. The number of nitrogens with one attached hydrogen (secondary N) is 1. The third kappa shape index (κ3) is 3.14. The predicted molar refractivity (Wildman–Crippen MR) is 88.2 cm³/mol. The van der Waals surface area contributed by atoms with E-state index in [0.717, 1.165) is 28.6 Å². The van der Waals surface area contributed by atoms with Crippen molar-refractivity contribution in [1.82, 2.24) is 4.90 Å². The molecular weight excluding hydrogens is 347 g/mol. The lowest BCUT2D eigenvalue weighted by Crippen LogP contribution is -2.34. The van der Waals surface area contributed by atoms with E-state index in [1.165, 1.54) is 12.1 Å². The molecule has 1 saturated heterocycles. The molecule has 3 nitrogen and oxygen atoms in total. The van der Waals surface area contributed by atoms with Crippen molar-refractivity contribution < 1.29 is 9.18 Å². The number of para-hydroxylation sites is 1. The molecule has 22 heavy (non-hydrogen) atoms. The van der Waals surface area contributed by atoms with Gasteiger partial charge in [0, 0.05) is 11.0 Å². The first-order chi connectivity index (χ1) is 10.6. The molecule has 5 heteroatoms. The Morgan fingerprint density at radius 2 is 1.91 bits per heavy atom. The molecule has 1 aliphatic heterocycles. The second-order valence-electron chi connectivity index (χ2n) is 5.31. The van der Waals surface area contributed by atoms with Gasteiger partial charge in [0.25, 0.3) is 0 Å². The van der Waals surface area contributed by atoms with Crippen LogP contribution in [0.4, 0.5) is 14.9 Å². The van der Waals surface area contributed by atoms with Crippen LogP contribution < -0.4 is 5.32 Å². The van der Waals surface area contributed by atoms with Crippen molar-refractivity contribution >= 4 is 27.6 Å². The fourth-order valence-corrected chi connectivity index (χ4v) is 3.17. The van der Waals surface area contributed by atoms with Crippen LogP contribution in [0.1, 0.15) is 24.4 Å². The summed E-state index contributed by atoms with van der Waals surface area (Å²) in [6.07, 6.45) is 1.85. The van der Waals surface area contributed by atoms with Crippen LogP contribution >= 0.6 is 15.9 Å². The normalized spacial score (nSPS) is 17.5. The summed E-state index contributed by atoms with van der Waals surface area (Å²) in [6, 6.07) is 13.8. The highest BCUT2D eigenvalue weighted by atomic mass is 79.9. The van der Waals surface area contributed by atoms with Crippen LogP contribution in [0.25, 0.3) is 0 Å². The van der Waals surface area contributed by atoms with Gasteiger partial charge in [-0.05, 0) is 58.6 Å². The topological polar surface area (TPSA) is 32.3 Å². The molecule has 2 aromatic rings. The highest BCUT2D eigenvalue weighted by molar-refractivity contribution is 9.10. The molecule has 114 valence electrons. The van der Waals surface area contributed by atoms with Crippen molar-refractivity contribution in [3.05, 3.63) is 64.4 Å². The maximum atomic E-state index is 13.1. The van der Waals surface area contributed by atoms with Gasteiger partial charge in [-0.15, -0.1) is 0 Å². The minimum atomic E-state index is -0.258. The van der Waals surface area contributed by atoms with E-state index in [9.17, 15) is 9.18 Å². The van der Waals surface area contributed by atoms with Gasteiger partial charge in [-0.2, -0.15) is 0 Å². The summed E-state index contributed by atoms with van der Waals surface area (Å²) < 4.78 is 13.9. The number of amides is 2. The summed E-state index contributed by atoms with van der Waals surface area (Å²) in [5.74, 6) is -0.258. The number of carbonyl (C=O) groups excluding carboxylic acids is 1. The molecule has 2 aromatic carbocycles. The smallest absolute Gasteiger partial charge is 0.317 e. The summed E-state index contributed by atoms with van der Waals surface area (Å²) >= 11 is 3.43. The van der Waals surface area contributed by atoms with Crippen molar-refractivity contribution in [2.45, 2.75) is 18.9 Å². The Kier molecular flexibility index (Phi) is 4.43. The Hall–Kier alpha value is -1.88. The Morgan fingerprint density at radius 1 is 1.18 bits per heavy atom. The van der Waals surface area contributed by atoms with Crippen LogP contribution in [0.5, 0.6) is 0 Å². The van der Waals surface area contributed by atoms with Gasteiger partial charge in [0.15, 0.2) is 0 Å². The average Bonchev–Trinajstić information content (AvgIpc) is 3.00. The van der Waals surface area contributed by atoms with E-state index in [1.807, 2.05) is 29.2 Å². The van der Waals surface area contributed by atoms with Crippen LogP contribution in [-0.4, -0.2) is 17.5 Å². The second-order valence-corrected chi connectivity index (χ2v) is 6.17. The van der Waals surface area contributed by atoms with E-state index >= 15 is 0 Å². The van der Waals surface area contributed by atoms with Crippen LogP contribution in [0.15, 0.2) is 53.0 Å². The molecule has 1 fully saturated rings. The SMILES string of the molecule is O=C(Nc1ccccc1Br)N1CCC[C@@H]1c1ccc(F)cc1. The molecule has 0 saturated carbocycles. The molecule has 3 rings (SSSR count). The number of carbonyl (C=O) groups is 1. The lowest BCUT2D eigenvalue weighted by atomic mass is 10.0. The Bertz CT molecular complexity index is 675. The first kappa shape index (κ1) is 15.0. The van der Waals surface area contributed by atoms with Gasteiger partial charge in [0.1, 0.15) is 5.82 Å². The third-order valence-electron chi connectivity index (χ3n) is 3.88. The van der Waals surface area contributed by atoms with E-state index in [2.05, 4.69) is 21.2 Å². The number of hydrogen-bond acceptors (Lipinski definition) is 1. The minimum absolute atomic E-state index is 0.00286. The standard InChI is InChI=1S/C17H16BrFN2O/c18-14-4-1-2-5-15(14)20-17(22)21-11-3-6-16(21)12-7-9-13(19)10-8-12/h1-2,4-5,7-10,16H,3,6,11H2,(H,20,22)/t16-/m1/s1. The summed E-state index contributed by atoms with van der Waals surface area (Å²) in [5.41, 5.74) is 1.72. The fourth-order valence-electron chi connectivity index (χ4n) is 2.79. The summed E-state index contributed by atoms with van der Waals surface area (Å²) in [4.78, 5) is 14.3. The maximum absolute atomic E-state index is 13.1. The zero-order valence-electron chi connectivity index (χ0n) is 11.9. The first-order valence-electron chi connectivity index (χ1n) is 7.23. The second kappa shape index (κ2) is 6.48. The number of urea groups is 1. The summed E-state index contributed by atoms with van der Waals surface area (Å²) in [7, 11) is 0. The molecule has 0 aromatic heterocycles. The molecule has 0 unspecified atom stereocenters. The van der Waals surface area contributed by atoms with E-state index in [1.54, 1.807) is 12.1 Å². The van der Waals surface area contributed by atoms with E-state index in [0.29, 0.717) is 6.54 Å². The Labute approximate surface area is 137 Å². The fraction of sp³-hybridized carbons (Fsp3) is 0.235. The zero-order valence-corrected chi connectivity index (χ0v) is 13.5. The lowest BCUT2D eigenvalue weighted by Gasteiger charge is -2.25. The highest BCUT2D eigenvalue weighted by Crippen LogP contribution is 2.33. The van der Waals surface area contributed by atoms with E-state index < -0.39 is 0 Å². The summed E-state index contributed by atoms with van der Waals surface area (Å²) in [5, 5.41) is 2.93. The van der Waals surface area contributed by atoms with Gasteiger partial charge >= 0.3 is 6.03 Å². The van der Waals surface area contributed by atoms with Crippen molar-refractivity contribution in [2.24, 2.45) is 0 Å². The average molecular weight is 363 g/mol. The molecular formula is C17H16BrFN2O. The molecule has 1 atom stereocenters. The van der Waals surface area contributed by atoms with Crippen LogP contribution in [0, 0.1) is 5.82 Å². The molecule has 0 radical (unpaired) electrons. The maximum Gasteiger partial charge on any atom is 0.322 e. The number of benzene rings is 2. The summed E-state index contributed by atoms with van der Waals surface area (Å²) in [6.45, 7) is 0.707. The van der Waals surface area contributed by atoms with Crippen molar-refractivity contribution in [3.63, 3.8) is 0 Å². The lowest BCUT2D eigenvalue weighted by molar-refractivity contribution is 0.207. The van der Waals surface area contributed by atoms with Crippen LogP contribution in [-0.2, 0) is 0 Å². The van der Waals surface area contributed by atoms with Crippen molar-refractivity contribution in [3.8, 4) is 0 Å². The van der Waals surface area contributed by atoms with Gasteiger partial charge in [0.05, 0.1) is 11.7 Å². The number of nitrogens with zero attached hydrogens (tertiary/aromatic N) is 1. The molecule has 0 aliphatic carbocycles. The van der Waals surface area contributed by atoms with Crippen LogP contribution in [0.3, 0.4) is 0 Å². The largest absolute Gasteiger partial charge is 0.322 e. The third-order valence-corrected chi connectivity index (χ3v) is 4.58. The Balaban J connectivity index is 1.76. The Morgan fingerprint density at radius 3 is 2.64 bits per heavy atom. The van der Waals surface area contributed by atoms with Gasteiger partial charge < -0.3 is 10.2 Å². The molecule has 2 amide bonds. The van der Waals surface area contributed by atoms with Crippen molar-refractivity contribution in [1.29, 1.82) is 0 Å². The number of anilines is 1. The minimum Gasteiger partial charge on any atom is -0.317 e. The molecule has 0 bridgehead atoms. The molecule has 0 spiro atoms. The molecule has 1 heterocycles. The number of likely N-dealkylation sites (tertiary alicyclic amines) is 1. The number of halogens is 2. The van der Waals surface area contributed by atoms with Crippen LogP contribution in [0.2, 0.25) is 0 Å². The van der Waals surface area contributed by atoms with E-state index in [-0.39, 0.29) is 17.9 Å². The molecule has 1 N–H and O–H groups in total. The monoisotopic (exact) mass is 362 g/mol. The van der Waals surface area contributed by atoms with Gasteiger partial charge in [-0.25, -0.2) is 9.18 Å². The molecule has 1 aliphatic rings. The first-order valence-corrected chi connectivity index (χ1v) is 8.02. The quantitative estimate of drug-likeness (QED) is 0.804. The van der Waals surface area contributed by atoms with Gasteiger partial charge in [-0.3, -0.25) is 0 Å². The van der Waals surface area contributed by atoms with Gasteiger partial charge in [0.2, 0.25) is 0 Å². The van der Waals surface area contributed by atoms with Gasteiger partial charge in [-0.1, -0.05) is 24.3 Å². The van der Waals surface area contributed by atoms with Crippen molar-refractivity contribution in [2.75, 3.05) is 11.9 Å². The zero-order chi connectivity index (χ0) is 15.5. The van der Waals surface area contributed by atoms with E-state index in [4.69, 9.17) is 0 Å². The number of hydrogen-bond donors (Lipinski definition) is 1. The highest BCUT2D eigenvalue weighted by Gasteiger charge is 2.30.